The second kappa shape index (κ2) is 12.0. The van der Waals surface area contributed by atoms with Crippen molar-refractivity contribution in [2.75, 3.05) is 13.2 Å². The Morgan fingerprint density at radius 3 is 2.32 bits per heavy atom. The van der Waals surface area contributed by atoms with Crippen molar-refractivity contribution in [3.05, 3.63) is 61.5 Å². The lowest BCUT2D eigenvalue weighted by molar-refractivity contribution is -0.142. The second-order valence-corrected chi connectivity index (χ2v) is 9.57. The third kappa shape index (κ3) is 7.86. The summed E-state index contributed by atoms with van der Waals surface area (Å²) < 4.78 is 6.29. The van der Waals surface area contributed by atoms with E-state index in [1.54, 1.807) is 43.3 Å². The zero-order valence-electron chi connectivity index (χ0n) is 17.4. The number of carbonyl (C=O) groups is 2. The molecule has 1 atom stereocenters. The van der Waals surface area contributed by atoms with Crippen molar-refractivity contribution in [1.29, 1.82) is 0 Å². The number of hydrogen-bond acceptors (Lipinski definition) is 3. The van der Waals surface area contributed by atoms with Gasteiger partial charge in [-0.15, -0.1) is 0 Å². The highest BCUT2D eigenvalue weighted by atomic mass is 79.9. The number of nitrogens with zero attached hydrogens (tertiary/aromatic N) is 1. The van der Waals surface area contributed by atoms with Gasteiger partial charge in [0.15, 0.2) is 6.61 Å². The van der Waals surface area contributed by atoms with Gasteiger partial charge in [-0.2, -0.15) is 0 Å². The SMILES string of the molecule is CC(C)CNC(=O)[C@@H](C)N(Cc1ccc(Cl)cc1Cl)C(=O)COc1ccc(Cl)cc1Br. The minimum absolute atomic E-state index is 0.135. The van der Waals surface area contributed by atoms with E-state index in [4.69, 9.17) is 39.5 Å². The minimum Gasteiger partial charge on any atom is -0.483 e. The van der Waals surface area contributed by atoms with Gasteiger partial charge in [0.25, 0.3) is 5.91 Å². The van der Waals surface area contributed by atoms with Gasteiger partial charge in [-0.3, -0.25) is 9.59 Å². The molecule has 0 bridgehead atoms. The van der Waals surface area contributed by atoms with Crippen LogP contribution in [0.25, 0.3) is 0 Å². The first-order valence-electron chi connectivity index (χ1n) is 9.67. The number of nitrogens with one attached hydrogen (secondary N) is 1. The van der Waals surface area contributed by atoms with E-state index >= 15 is 0 Å². The van der Waals surface area contributed by atoms with E-state index < -0.39 is 6.04 Å². The summed E-state index contributed by atoms with van der Waals surface area (Å²) in [6, 6.07) is 9.31. The van der Waals surface area contributed by atoms with Crippen LogP contribution in [0.15, 0.2) is 40.9 Å². The summed E-state index contributed by atoms with van der Waals surface area (Å²) >= 11 is 21.6. The highest BCUT2D eigenvalue weighted by Gasteiger charge is 2.27. The summed E-state index contributed by atoms with van der Waals surface area (Å²) in [6.45, 7) is 6.07. The molecule has 0 saturated carbocycles. The number of amides is 2. The molecule has 2 aromatic carbocycles. The molecule has 0 unspecified atom stereocenters. The first-order chi connectivity index (χ1) is 14.6. The van der Waals surface area contributed by atoms with Crippen LogP contribution in [0.5, 0.6) is 5.75 Å². The molecule has 0 aromatic heterocycles. The first-order valence-corrected chi connectivity index (χ1v) is 11.6. The van der Waals surface area contributed by atoms with E-state index in [9.17, 15) is 9.59 Å². The fourth-order valence-corrected chi connectivity index (χ4v) is 3.95. The summed E-state index contributed by atoms with van der Waals surface area (Å²) in [5.41, 5.74) is 0.676. The fraction of sp³-hybridized carbons (Fsp3) is 0.364. The monoisotopic (exact) mass is 548 g/mol. The van der Waals surface area contributed by atoms with Crippen molar-refractivity contribution in [2.24, 2.45) is 5.92 Å². The summed E-state index contributed by atoms with van der Waals surface area (Å²) in [5.74, 6) is 0.149. The van der Waals surface area contributed by atoms with Gasteiger partial charge >= 0.3 is 0 Å². The van der Waals surface area contributed by atoms with Crippen molar-refractivity contribution < 1.29 is 14.3 Å². The fourth-order valence-electron chi connectivity index (χ4n) is 2.68. The number of carbonyl (C=O) groups excluding carboxylic acids is 2. The van der Waals surface area contributed by atoms with Crippen LogP contribution in [0.1, 0.15) is 26.3 Å². The van der Waals surface area contributed by atoms with E-state index in [-0.39, 0.29) is 30.9 Å². The standard InChI is InChI=1S/C22H24BrCl3N2O3/c1-13(2)10-27-22(30)14(3)28(11-15-4-5-17(25)9-19(15)26)21(29)12-31-20-7-6-16(24)8-18(20)23/h4-9,13-14H,10-12H2,1-3H3,(H,27,30)/t14-/m1/s1. The van der Waals surface area contributed by atoms with Gasteiger partial charge in [0.2, 0.25) is 5.91 Å². The van der Waals surface area contributed by atoms with Crippen LogP contribution in [0, 0.1) is 5.92 Å². The van der Waals surface area contributed by atoms with Crippen LogP contribution in [-0.4, -0.2) is 35.9 Å². The van der Waals surface area contributed by atoms with Gasteiger partial charge < -0.3 is 15.0 Å². The second-order valence-electron chi connectivity index (χ2n) is 7.44. The molecule has 0 saturated heterocycles. The zero-order valence-corrected chi connectivity index (χ0v) is 21.3. The third-order valence-corrected chi connectivity index (χ3v) is 5.89. The predicted molar refractivity (Wildman–Crippen MR) is 129 cm³/mol. The minimum atomic E-state index is -0.727. The molecule has 0 spiro atoms. The van der Waals surface area contributed by atoms with Gasteiger partial charge in [0.05, 0.1) is 4.47 Å². The van der Waals surface area contributed by atoms with Crippen LogP contribution >= 0.6 is 50.7 Å². The lowest BCUT2D eigenvalue weighted by atomic mass is 10.1. The smallest absolute Gasteiger partial charge is 0.261 e. The van der Waals surface area contributed by atoms with E-state index in [0.29, 0.717) is 37.4 Å². The Bertz CT molecular complexity index is 940. The molecule has 1 N–H and O–H groups in total. The Morgan fingerprint density at radius 2 is 1.71 bits per heavy atom. The summed E-state index contributed by atoms with van der Waals surface area (Å²) in [4.78, 5) is 27.2. The largest absolute Gasteiger partial charge is 0.483 e. The van der Waals surface area contributed by atoms with Gasteiger partial charge in [0.1, 0.15) is 11.8 Å². The van der Waals surface area contributed by atoms with Crippen LogP contribution in [0.3, 0.4) is 0 Å². The Morgan fingerprint density at radius 1 is 1.06 bits per heavy atom. The first kappa shape index (κ1) is 25.8. The number of ether oxygens (including phenoxy) is 1. The molecule has 0 aliphatic rings. The summed E-state index contributed by atoms with van der Waals surface area (Å²) in [7, 11) is 0. The maximum atomic E-state index is 13.1. The molecule has 2 aromatic rings. The molecular formula is C22H24BrCl3N2O3. The van der Waals surface area contributed by atoms with Crippen molar-refractivity contribution >= 4 is 62.5 Å². The maximum absolute atomic E-state index is 13.1. The molecule has 0 aliphatic heterocycles. The average Bonchev–Trinajstić information content (AvgIpc) is 2.70. The number of benzene rings is 2. The molecule has 9 heteroatoms. The summed E-state index contributed by atoms with van der Waals surface area (Å²) in [5, 5.41) is 4.32. The summed E-state index contributed by atoms with van der Waals surface area (Å²) in [6.07, 6.45) is 0. The van der Waals surface area contributed by atoms with Crippen molar-refractivity contribution in [3.8, 4) is 5.75 Å². The topological polar surface area (TPSA) is 58.6 Å². The molecular weight excluding hydrogens is 527 g/mol. The lowest BCUT2D eigenvalue weighted by Gasteiger charge is -2.29. The van der Waals surface area contributed by atoms with Crippen LogP contribution in [-0.2, 0) is 16.1 Å². The number of rotatable bonds is 9. The van der Waals surface area contributed by atoms with Crippen LogP contribution in [0.4, 0.5) is 0 Å². The van der Waals surface area contributed by atoms with Gasteiger partial charge in [-0.05, 0) is 64.7 Å². The van der Waals surface area contributed by atoms with Crippen molar-refractivity contribution in [3.63, 3.8) is 0 Å². The average molecular weight is 551 g/mol. The van der Waals surface area contributed by atoms with E-state index in [2.05, 4.69) is 21.2 Å². The Labute approximate surface area is 206 Å². The quantitative estimate of drug-likeness (QED) is 0.418. The number of halogens is 4. The molecule has 2 amide bonds. The van der Waals surface area contributed by atoms with Crippen LogP contribution in [0.2, 0.25) is 15.1 Å². The molecule has 0 aliphatic carbocycles. The molecule has 31 heavy (non-hydrogen) atoms. The zero-order chi connectivity index (χ0) is 23.1. The molecule has 0 heterocycles. The lowest BCUT2D eigenvalue weighted by Crippen LogP contribution is -2.49. The van der Waals surface area contributed by atoms with Gasteiger partial charge in [-0.25, -0.2) is 0 Å². The van der Waals surface area contributed by atoms with Crippen molar-refractivity contribution in [1.82, 2.24) is 10.2 Å². The third-order valence-electron chi connectivity index (χ3n) is 4.45. The van der Waals surface area contributed by atoms with E-state index in [1.807, 2.05) is 13.8 Å². The van der Waals surface area contributed by atoms with Crippen molar-refractivity contribution in [2.45, 2.75) is 33.4 Å². The number of hydrogen-bond donors (Lipinski definition) is 1. The van der Waals surface area contributed by atoms with Gasteiger partial charge in [0, 0.05) is 28.2 Å². The van der Waals surface area contributed by atoms with Crippen LogP contribution < -0.4 is 10.1 Å². The Hall–Kier alpha value is -1.47. The normalized spacial score (nSPS) is 11.9. The Kier molecular flexibility index (Phi) is 9.94. The molecule has 5 nitrogen and oxygen atoms in total. The molecule has 0 radical (unpaired) electrons. The predicted octanol–water partition coefficient (Wildman–Crippen LogP) is 5.98. The Balaban J connectivity index is 2.20. The molecule has 168 valence electrons. The maximum Gasteiger partial charge on any atom is 0.261 e. The highest BCUT2D eigenvalue weighted by Crippen LogP contribution is 2.28. The molecule has 2 rings (SSSR count). The van der Waals surface area contributed by atoms with E-state index in [1.165, 1.54) is 4.90 Å². The van der Waals surface area contributed by atoms with E-state index in [0.717, 1.165) is 0 Å². The van der Waals surface area contributed by atoms with Gasteiger partial charge in [-0.1, -0.05) is 54.7 Å². The molecule has 0 fully saturated rings. The highest BCUT2D eigenvalue weighted by molar-refractivity contribution is 9.10.